The van der Waals surface area contributed by atoms with Crippen molar-refractivity contribution in [2.75, 3.05) is 11.4 Å². The Morgan fingerprint density at radius 1 is 1.23 bits per heavy atom. The first-order chi connectivity index (χ1) is 12.5. The molecular formula is C18H14N4O4. The van der Waals surface area contributed by atoms with Gasteiger partial charge in [-0.1, -0.05) is 18.2 Å². The van der Waals surface area contributed by atoms with Crippen molar-refractivity contribution in [2.45, 2.75) is 13.0 Å². The number of para-hydroxylation sites is 2. The van der Waals surface area contributed by atoms with Crippen LogP contribution in [0.3, 0.4) is 0 Å². The zero-order chi connectivity index (χ0) is 18.3. The molecule has 8 nitrogen and oxygen atoms in total. The SMILES string of the molecule is O=C(Cn1c(=O)cnc2ccccc21)N1CCc2ccc([N+](=O)[O-])cc21. The van der Waals surface area contributed by atoms with Gasteiger partial charge in [0.1, 0.15) is 6.54 Å². The van der Waals surface area contributed by atoms with Crippen LogP contribution in [0.25, 0.3) is 11.0 Å². The molecule has 0 N–H and O–H groups in total. The second kappa shape index (κ2) is 6.07. The normalized spacial score (nSPS) is 13.0. The third-order valence-electron chi connectivity index (χ3n) is 4.52. The Labute approximate surface area is 147 Å². The Morgan fingerprint density at radius 3 is 2.85 bits per heavy atom. The topological polar surface area (TPSA) is 98.3 Å². The first kappa shape index (κ1) is 15.9. The second-order valence-corrected chi connectivity index (χ2v) is 6.04. The fourth-order valence-electron chi connectivity index (χ4n) is 3.24. The summed E-state index contributed by atoms with van der Waals surface area (Å²) in [6, 6.07) is 11.6. The third kappa shape index (κ3) is 2.61. The molecule has 0 spiro atoms. The first-order valence-electron chi connectivity index (χ1n) is 8.07. The van der Waals surface area contributed by atoms with Gasteiger partial charge in [-0.2, -0.15) is 0 Å². The summed E-state index contributed by atoms with van der Waals surface area (Å²) in [5.74, 6) is -0.289. The van der Waals surface area contributed by atoms with Crippen LogP contribution in [-0.4, -0.2) is 26.9 Å². The van der Waals surface area contributed by atoms with E-state index in [4.69, 9.17) is 0 Å². The van der Waals surface area contributed by atoms with Gasteiger partial charge in [-0.25, -0.2) is 4.98 Å². The number of nitro groups is 1. The van der Waals surface area contributed by atoms with Crippen molar-refractivity contribution in [2.24, 2.45) is 0 Å². The number of hydrogen-bond acceptors (Lipinski definition) is 5. The van der Waals surface area contributed by atoms with E-state index in [0.29, 0.717) is 29.7 Å². The summed E-state index contributed by atoms with van der Waals surface area (Å²) in [5.41, 5.74) is 2.20. The summed E-state index contributed by atoms with van der Waals surface area (Å²) in [4.78, 5) is 41.2. The number of hydrogen-bond donors (Lipinski definition) is 0. The van der Waals surface area contributed by atoms with E-state index in [1.54, 1.807) is 24.3 Å². The van der Waals surface area contributed by atoms with E-state index < -0.39 is 4.92 Å². The number of nitrogens with zero attached hydrogens (tertiary/aromatic N) is 4. The average Bonchev–Trinajstić information content (AvgIpc) is 3.07. The standard InChI is InChI=1S/C18H14N4O4/c23-17-10-19-14-3-1-2-4-15(14)21(17)11-18(24)20-8-7-12-5-6-13(22(25)26)9-16(12)20/h1-6,9-10H,7-8,11H2. The number of anilines is 1. The van der Waals surface area contributed by atoms with Crippen molar-refractivity contribution >= 4 is 28.3 Å². The van der Waals surface area contributed by atoms with Crippen LogP contribution < -0.4 is 10.5 Å². The molecule has 1 aromatic heterocycles. The second-order valence-electron chi connectivity index (χ2n) is 6.04. The lowest BCUT2D eigenvalue weighted by atomic mass is 10.1. The molecule has 1 aliphatic heterocycles. The lowest BCUT2D eigenvalue weighted by Crippen LogP contribution is -2.35. The molecule has 0 saturated heterocycles. The van der Waals surface area contributed by atoms with Crippen molar-refractivity contribution in [3.8, 4) is 0 Å². The molecule has 1 aliphatic rings. The molecule has 0 radical (unpaired) electrons. The molecule has 4 rings (SSSR count). The molecule has 0 fully saturated rings. The lowest BCUT2D eigenvalue weighted by Gasteiger charge is -2.18. The first-order valence-corrected chi connectivity index (χ1v) is 8.07. The van der Waals surface area contributed by atoms with E-state index in [1.807, 2.05) is 6.07 Å². The molecule has 8 heteroatoms. The number of nitro benzene ring substituents is 1. The maximum absolute atomic E-state index is 12.8. The van der Waals surface area contributed by atoms with E-state index in [9.17, 15) is 19.7 Å². The molecule has 130 valence electrons. The van der Waals surface area contributed by atoms with Gasteiger partial charge in [0.2, 0.25) is 5.91 Å². The predicted molar refractivity (Wildman–Crippen MR) is 95.2 cm³/mol. The highest BCUT2D eigenvalue weighted by Crippen LogP contribution is 2.31. The van der Waals surface area contributed by atoms with Crippen LogP contribution in [0.4, 0.5) is 11.4 Å². The smallest absolute Gasteiger partial charge is 0.271 e. The highest BCUT2D eigenvalue weighted by atomic mass is 16.6. The van der Waals surface area contributed by atoms with E-state index >= 15 is 0 Å². The number of carbonyl (C=O) groups excluding carboxylic acids is 1. The summed E-state index contributed by atoms with van der Waals surface area (Å²) >= 11 is 0. The summed E-state index contributed by atoms with van der Waals surface area (Å²) in [6.07, 6.45) is 1.82. The van der Waals surface area contributed by atoms with Gasteiger partial charge in [0, 0.05) is 18.7 Å². The van der Waals surface area contributed by atoms with Crippen LogP contribution in [0.1, 0.15) is 5.56 Å². The van der Waals surface area contributed by atoms with Crippen LogP contribution in [-0.2, 0) is 17.8 Å². The van der Waals surface area contributed by atoms with Crippen molar-refractivity contribution in [1.82, 2.24) is 9.55 Å². The van der Waals surface area contributed by atoms with Crippen LogP contribution in [0.2, 0.25) is 0 Å². The van der Waals surface area contributed by atoms with Gasteiger partial charge in [-0.3, -0.25) is 24.3 Å². The van der Waals surface area contributed by atoms with Gasteiger partial charge in [0.15, 0.2) is 0 Å². The van der Waals surface area contributed by atoms with E-state index in [0.717, 1.165) is 5.56 Å². The fraction of sp³-hybridized carbons (Fsp3) is 0.167. The molecular weight excluding hydrogens is 336 g/mol. The highest BCUT2D eigenvalue weighted by Gasteiger charge is 2.27. The Morgan fingerprint density at radius 2 is 2.04 bits per heavy atom. The molecule has 1 amide bonds. The summed E-state index contributed by atoms with van der Waals surface area (Å²) in [7, 11) is 0. The average molecular weight is 350 g/mol. The predicted octanol–water partition coefficient (Wildman–Crippen LogP) is 1.89. The molecule has 2 aromatic carbocycles. The van der Waals surface area contributed by atoms with Crippen molar-refractivity contribution in [3.05, 3.63) is 74.7 Å². The van der Waals surface area contributed by atoms with Gasteiger partial charge in [-0.15, -0.1) is 0 Å². The highest BCUT2D eigenvalue weighted by molar-refractivity contribution is 5.96. The van der Waals surface area contributed by atoms with E-state index in [2.05, 4.69) is 4.98 Å². The maximum Gasteiger partial charge on any atom is 0.271 e. The summed E-state index contributed by atoms with van der Waals surface area (Å²) < 4.78 is 1.38. The van der Waals surface area contributed by atoms with Gasteiger partial charge < -0.3 is 4.90 Å². The van der Waals surface area contributed by atoms with Crippen molar-refractivity contribution in [3.63, 3.8) is 0 Å². The minimum absolute atomic E-state index is 0.0602. The monoisotopic (exact) mass is 350 g/mol. The summed E-state index contributed by atoms with van der Waals surface area (Å²) in [6.45, 7) is 0.289. The van der Waals surface area contributed by atoms with Gasteiger partial charge >= 0.3 is 0 Å². The Bertz CT molecular complexity index is 1110. The minimum Gasteiger partial charge on any atom is -0.310 e. The lowest BCUT2D eigenvalue weighted by molar-refractivity contribution is -0.384. The van der Waals surface area contributed by atoms with Crippen LogP contribution in [0.15, 0.2) is 53.5 Å². The van der Waals surface area contributed by atoms with Gasteiger partial charge in [0.05, 0.1) is 27.8 Å². The zero-order valence-corrected chi connectivity index (χ0v) is 13.7. The molecule has 0 aliphatic carbocycles. The van der Waals surface area contributed by atoms with Crippen molar-refractivity contribution in [1.29, 1.82) is 0 Å². The minimum atomic E-state index is -0.484. The number of non-ortho nitro benzene ring substituents is 1. The Kier molecular flexibility index (Phi) is 3.72. The van der Waals surface area contributed by atoms with Crippen LogP contribution in [0, 0.1) is 10.1 Å². The van der Waals surface area contributed by atoms with E-state index in [-0.39, 0.29) is 23.7 Å². The number of carbonyl (C=O) groups is 1. The Balaban J connectivity index is 1.70. The number of rotatable bonds is 3. The largest absolute Gasteiger partial charge is 0.310 e. The molecule has 0 saturated carbocycles. The molecule has 0 atom stereocenters. The molecule has 0 bridgehead atoms. The van der Waals surface area contributed by atoms with E-state index in [1.165, 1.54) is 27.8 Å². The van der Waals surface area contributed by atoms with Gasteiger partial charge in [-0.05, 0) is 24.1 Å². The Hall–Kier alpha value is -3.55. The van der Waals surface area contributed by atoms with Crippen LogP contribution >= 0.6 is 0 Å². The fourth-order valence-corrected chi connectivity index (χ4v) is 3.24. The number of amides is 1. The quantitative estimate of drug-likeness (QED) is 0.531. The third-order valence-corrected chi connectivity index (χ3v) is 4.52. The van der Waals surface area contributed by atoms with Crippen LogP contribution in [0.5, 0.6) is 0 Å². The number of fused-ring (bicyclic) bond motifs is 2. The molecule has 26 heavy (non-hydrogen) atoms. The van der Waals surface area contributed by atoms with Crippen molar-refractivity contribution < 1.29 is 9.72 Å². The summed E-state index contributed by atoms with van der Waals surface area (Å²) in [5, 5.41) is 11.0. The number of benzene rings is 2. The zero-order valence-electron chi connectivity index (χ0n) is 13.7. The molecule has 2 heterocycles. The molecule has 0 unspecified atom stereocenters. The number of aromatic nitrogens is 2. The maximum atomic E-state index is 12.8. The van der Waals surface area contributed by atoms with Gasteiger partial charge in [0.25, 0.3) is 11.2 Å². The molecule has 3 aromatic rings.